The molecule has 9 heteroatoms. The highest BCUT2D eigenvalue weighted by Gasteiger charge is 2.28. The summed E-state index contributed by atoms with van der Waals surface area (Å²) in [6.45, 7) is 1.98. The van der Waals surface area contributed by atoms with Gasteiger partial charge in [0.1, 0.15) is 6.04 Å². The van der Waals surface area contributed by atoms with Crippen LogP contribution in [-0.2, 0) is 14.6 Å². The zero-order valence-electron chi connectivity index (χ0n) is 11.3. The van der Waals surface area contributed by atoms with Crippen LogP contribution in [0.3, 0.4) is 0 Å². The maximum Gasteiger partial charge on any atom is 0.262 e. The van der Waals surface area contributed by atoms with Gasteiger partial charge in [-0.3, -0.25) is 9.59 Å². The van der Waals surface area contributed by atoms with Crippen molar-refractivity contribution in [2.24, 2.45) is 0 Å². The lowest BCUT2D eigenvalue weighted by molar-refractivity contribution is -0.132. The van der Waals surface area contributed by atoms with Crippen molar-refractivity contribution >= 4 is 48.9 Å². The van der Waals surface area contributed by atoms with E-state index in [0.29, 0.717) is 4.88 Å². The predicted octanol–water partition coefficient (Wildman–Crippen LogP) is 0.886. The molecule has 6 nitrogen and oxygen atoms in total. The van der Waals surface area contributed by atoms with E-state index in [4.69, 9.17) is 0 Å². The number of halogens is 1. The molecule has 0 bridgehead atoms. The molecule has 1 aromatic rings. The Morgan fingerprint density at radius 3 is 2.48 bits per heavy atom. The zero-order valence-corrected chi connectivity index (χ0v) is 14.6. The molecule has 0 aliphatic carbocycles. The minimum absolute atomic E-state index is 0.0166. The summed E-state index contributed by atoms with van der Waals surface area (Å²) in [6.07, 6.45) is 0. The van der Waals surface area contributed by atoms with Crippen LogP contribution >= 0.6 is 27.3 Å². The lowest BCUT2D eigenvalue weighted by atomic mass is 10.2. The number of nitrogens with zero attached hydrogens (tertiary/aromatic N) is 1. The SMILES string of the molecule is CC(NC(=O)c1ccc(Br)s1)C(=O)N1CCS(=O)(=O)CC1. The first-order chi connectivity index (χ1) is 9.78. The molecule has 1 aliphatic rings. The second-order valence-corrected chi connectivity index (χ2v) is 9.54. The number of nitrogens with one attached hydrogen (secondary N) is 1. The Hall–Kier alpha value is -0.930. The van der Waals surface area contributed by atoms with Gasteiger partial charge in [0, 0.05) is 13.1 Å². The average Bonchev–Trinajstić information content (AvgIpc) is 2.84. The molecule has 1 saturated heterocycles. The van der Waals surface area contributed by atoms with Gasteiger partial charge in [-0.05, 0) is 35.0 Å². The topological polar surface area (TPSA) is 83.6 Å². The van der Waals surface area contributed by atoms with E-state index in [9.17, 15) is 18.0 Å². The number of carbonyl (C=O) groups is 2. The van der Waals surface area contributed by atoms with E-state index in [1.54, 1.807) is 19.1 Å². The number of amides is 2. The van der Waals surface area contributed by atoms with Crippen LogP contribution in [-0.4, -0.2) is 55.8 Å². The molecule has 1 atom stereocenters. The molecule has 0 aromatic carbocycles. The minimum atomic E-state index is -3.02. The van der Waals surface area contributed by atoms with E-state index in [-0.39, 0.29) is 36.4 Å². The van der Waals surface area contributed by atoms with Gasteiger partial charge in [0.15, 0.2) is 9.84 Å². The summed E-state index contributed by atoms with van der Waals surface area (Å²) in [5.41, 5.74) is 0. The number of sulfone groups is 1. The minimum Gasteiger partial charge on any atom is -0.340 e. The van der Waals surface area contributed by atoms with Crippen molar-refractivity contribution in [3.05, 3.63) is 20.8 Å². The first-order valence-electron chi connectivity index (χ1n) is 6.34. The fourth-order valence-corrected chi connectivity index (χ4v) is 4.46. The van der Waals surface area contributed by atoms with Crippen LogP contribution in [0.1, 0.15) is 16.6 Å². The highest BCUT2D eigenvalue weighted by Crippen LogP contribution is 2.22. The summed E-state index contributed by atoms with van der Waals surface area (Å²) in [4.78, 5) is 26.2. The Bertz CT molecular complexity index is 642. The molecular weight excluding hydrogens is 380 g/mol. The van der Waals surface area contributed by atoms with Gasteiger partial charge in [-0.25, -0.2) is 8.42 Å². The van der Waals surface area contributed by atoms with Crippen molar-refractivity contribution in [2.75, 3.05) is 24.6 Å². The van der Waals surface area contributed by atoms with Gasteiger partial charge in [-0.2, -0.15) is 0 Å². The number of carbonyl (C=O) groups excluding carboxylic acids is 2. The van der Waals surface area contributed by atoms with Crippen molar-refractivity contribution in [1.29, 1.82) is 0 Å². The quantitative estimate of drug-likeness (QED) is 0.824. The summed E-state index contributed by atoms with van der Waals surface area (Å²) in [6, 6.07) is 2.76. The van der Waals surface area contributed by atoms with Crippen LogP contribution in [0.2, 0.25) is 0 Å². The van der Waals surface area contributed by atoms with Gasteiger partial charge in [0.05, 0.1) is 20.2 Å². The van der Waals surface area contributed by atoms with E-state index < -0.39 is 15.9 Å². The first-order valence-corrected chi connectivity index (χ1v) is 9.77. The number of rotatable bonds is 3. The molecule has 1 fully saturated rings. The molecule has 2 heterocycles. The largest absolute Gasteiger partial charge is 0.340 e. The normalized spacial score (nSPS) is 19.0. The van der Waals surface area contributed by atoms with Crippen molar-refractivity contribution in [2.45, 2.75) is 13.0 Å². The molecule has 2 amide bonds. The standard InChI is InChI=1S/C12H15BrN2O4S2/c1-8(14-11(16)9-2-3-10(13)20-9)12(17)15-4-6-21(18,19)7-5-15/h2-3,8H,4-7H2,1H3,(H,14,16). The van der Waals surface area contributed by atoms with E-state index >= 15 is 0 Å². The Balaban J connectivity index is 1.92. The van der Waals surface area contributed by atoms with Gasteiger partial charge in [0.25, 0.3) is 5.91 Å². The summed E-state index contributed by atoms with van der Waals surface area (Å²) >= 11 is 4.56. The van der Waals surface area contributed by atoms with Crippen molar-refractivity contribution in [3.63, 3.8) is 0 Å². The lowest BCUT2D eigenvalue weighted by Gasteiger charge is -2.29. The van der Waals surface area contributed by atoms with Crippen LogP contribution in [0.4, 0.5) is 0 Å². The Morgan fingerprint density at radius 2 is 1.95 bits per heavy atom. The predicted molar refractivity (Wildman–Crippen MR) is 84.2 cm³/mol. The molecular formula is C12H15BrN2O4S2. The van der Waals surface area contributed by atoms with Crippen LogP contribution in [0.15, 0.2) is 15.9 Å². The second kappa shape index (κ2) is 6.45. The molecule has 21 heavy (non-hydrogen) atoms. The summed E-state index contributed by atoms with van der Waals surface area (Å²) in [5.74, 6) is -0.598. The molecule has 1 unspecified atom stereocenters. The van der Waals surface area contributed by atoms with Gasteiger partial charge in [0.2, 0.25) is 5.91 Å². The maximum atomic E-state index is 12.2. The Morgan fingerprint density at radius 1 is 1.33 bits per heavy atom. The summed E-state index contributed by atoms with van der Waals surface area (Å²) in [7, 11) is -3.02. The molecule has 1 aliphatic heterocycles. The fraction of sp³-hybridized carbons (Fsp3) is 0.500. The average molecular weight is 395 g/mol. The molecule has 116 valence electrons. The highest BCUT2D eigenvalue weighted by molar-refractivity contribution is 9.11. The first kappa shape index (κ1) is 16.4. The van der Waals surface area contributed by atoms with E-state index in [1.807, 2.05) is 0 Å². The van der Waals surface area contributed by atoms with Gasteiger partial charge in [-0.15, -0.1) is 11.3 Å². The third-order valence-electron chi connectivity index (χ3n) is 3.17. The van der Waals surface area contributed by atoms with E-state index in [1.165, 1.54) is 16.2 Å². The number of hydrogen-bond donors (Lipinski definition) is 1. The molecule has 1 N–H and O–H groups in total. The van der Waals surface area contributed by atoms with Crippen LogP contribution in [0.5, 0.6) is 0 Å². The Kier molecular flexibility index (Phi) is 5.05. The van der Waals surface area contributed by atoms with Crippen LogP contribution < -0.4 is 5.32 Å². The lowest BCUT2D eigenvalue weighted by Crippen LogP contribution is -2.51. The molecule has 0 radical (unpaired) electrons. The summed E-state index contributed by atoms with van der Waals surface area (Å²) in [5, 5.41) is 2.64. The van der Waals surface area contributed by atoms with E-state index in [2.05, 4.69) is 21.2 Å². The molecule has 1 aromatic heterocycles. The van der Waals surface area contributed by atoms with Gasteiger partial charge >= 0.3 is 0 Å². The van der Waals surface area contributed by atoms with Gasteiger partial charge < -0.3 is 10.2 Å². The van der Waals surface area contributed by atoms with E-state index in [0.717, 1.165) is 3.79 Å². The second-order valence-electron chi connectivity index (χ2n) is 4.78. The monoisotopic (exact) mass is 394 g/mol. The van der Waals surface area contributed by atoms with Crippen LogP contribution in [0, 0.1) is 0 Å². The Labute approximate surface area is 135 Å². The number of thiophene rings is 1. The van der Waals surface area contributed by atoms with Crippen LogP contribution in [0.25, 0.3) is 0 Å². The highest BCUT2D eigenvalue weighted by atomic mass is 79.9. The third kappa shape index (κ3) is 4.27. The van der Waals surface area contributed by atoms with Crippen molar-refractivity contribution in [1.82, 2.24) is 10.2 Å². The molecule has 0 spiro atoms. The molecule has 2 rings (SSSR count). The fourth-order valence-electron chi connectivity index (χ4n) is 1.97. The maximum absolute atomic E-state index is 12.2. The van der Waals surface area contributed by atoms with Crippen molar-refractivity contribution in [3.8, 4) is 0 Å². The van der Waals surface area contributed by atoms with Gasteiger partial charge in [-0.1, -0.05) is 0 Å². The smallest absolute Gasteiger partial charge is 0.262 e. The zero-order chi connectivity index (χ0) is 15.6. The third-order valence-corrected chi connectivity index (χ3v) is 6.40. The van der Waals surface area contributed by atoms with Crippen molar-refractivity contribution < 1.29 is 18.0 Å². The number of hydrogen-bond acceptors (Lipinski definition) is 5. The molecule has 0 saturated carbocycles. The summed E-state index contributed by atoms with van der Waals surface area (Å²) < 4.78 is 23.5.